The maximum Gasteiger partial charge on any atom is 0.224 e. The summed E-state index contributed by atoms with van der Waals surface area (Å²) in [6, 6.07) is 18.4. The summed E-state index contributed by atoms with van der Waals surface area (Å²) in [4.78, 5) is 18.7. The first-order valence-corrected chi connectivity index (χ1v) is 11.2. The molecule has 0 aromatic heterocycles. The Kier molecular flexibility index (Phi) is 14.4. The van der Waals surface area contributed by atoms with Crippen LogP contribution < -0.4 is 10.6 Å². The highest BCUT2D eigenvalue weighted by Crippen LogP contribution is 2.13. The van der Waals surface area contributed by atoms with Crippen molar-refractivity contribution in [1.82, 2.24) is 15.5 Å². The fourth-order valence-corrected chi connectivity index (χ4v) is 3.23. The summed E-state index contributed by atoms with van der Waals surface area (Å²) in [5.41, 5.74) is 3.43. The molecular formula is C25H37IN4O2. The van der Waals surface area contributed by atoms with Crippen LogP contribution in [0.2, 0.25) is 0 Å². The Hall–Kier alpha value is -2.13. The maximum atomic E-state index is 12.2. The molecule has 0 heterocycles. The third-order valence-corrected chi connectivity index (χ3v) is 4.99. The summed E-state index contributed by atoms with van der Waals surface area (Å²) >= 11 is 0. The zero-order chi connectivity index (χ0) is 22.3. The molecule has 0 aliphatic heterocycles. The molecule has 0 saturated carbocycles. The summed E-state index contributed by atoms with van der Waals surface area (Å²) < 4.78 is 5.91. The van der Waals surface area contributed by atoms with E-state index in [1.165, 1.54) is 0 Å². The number of carbonyl (C=O) groups is 1. The van der Waals surface area contributed by atoms with Crippen LogP contribution >= 0.6 is 24.0 Å². The molecule has 32 heavy (non-hydrogen) atoms. The van der Waals surface area contributed by atoms with E-state index in [1.807, 2.05) is 56.0 Å². The lowest BCUT2D eigenvalue weighted by atomic mass is 10.1. The van der Waals surface area contributed by atoms with Gasteiger partial charge in [-0.05, 0) is 37.5 Å². The molecule has 0 saturated heterocycles. The van der Waals surface area contributed by atoms with Crippen molar-refractivity contribution in [2.75, 3.05) is 26.2 Å². The van der Waals surface area contributed by atoms with E-state index < -0.39 is 0 Å². The second-order valence-corrected chi connectivity index (χ2v) is 7.19. The summed E-state index contributed by atoms with van der Waals surface area (Å²) in [7, 11) is 0. The number of hydrogen-bond acceptors (Lipinski definition) is 3. The van der Waals surface area contributed by atoms with E-state index in [9.17, 15) is 4.79 Å². The highest BCUT2D eigenvalue weighted by molar-refractivity contribution is 14.0. The van der Waals surface area contributed by atoms with Gasteiger partial charge in [-0.2, -0.15) is 0 Å². The Morgan fingerprint density at radius 1 is 0.906 bits per heavy atom. The SMILES string of the molecule is CCNC(=NCc1ccccc1COCc1ccccc1)NCCC(=O)N(CC)CC.I. The largest absolute Gasteiger partial charge is 0.372 e. The normalized spacial score (nSPS) is 10.9. The molecule has 0 fully saturated rings. The molecule has 0 bridgehead atoms. The number of rotatable bonds is 12. The number of benzene rings is 2. The van der Waals surface area contributed by atoms with E-state index in [0.29, 0.717) is 32.7 Å². The van der Waals surface area contributed by atoms with E-state index in [1.54, 1.807) is 0 Å². The van der Waals surface area contributed by atoms with Gasteiger partial charge in [0.25, 0.3) is 0 Å². The third kappa shape index (κ3) is 9.99. The fourth-order valence-electron chi connectivity index (χ4n) is 3.23. The molecule has 2 rings (SSSR count). The molecule has 0 aliphatic rings. The Bertz CT molecular complexity index is 811. The van der Waals surface area contributed by atoms with Crippen molar-refractivity contribution >= 4 is 35.8 Å². The van der Waals surface area contributed by atoms with Crippen LogP contribution in [0.15, 0.2) is 59.6 Å². The first-order valence-electron chi connectivity index (χ1n) is 11.2. The minimum absolute atomic E-state index is 0. The second-order valence-electron chi connectivity index (χ2n) is 7.19. The summed E-state index contributed by atoms with van der Waals surface area (Å²) in [5.74, 6) is 0.879. The van der Waals surface area contributed by atoms with Crippen LogP contribution in [0.1, 0.15) is 43.9 Å². The van der Waals surface area contributed by atoms with Gasteiger partial charge in [-0.3, -0.25) is 4.79 Å². The maximum absolute atomic E-state index is 12.2. The third-order valence-electron chi connectivity index (χ3n) is 4.99. The average molecular weight is 553 g/mol. The summed E-state index contributed by atoms with van der Waals surface area (Å²) in [6.07, 6.45) is 0.454. The van der Waals surface area contributed by atoms with Gasteiger partial charge in [0.05, 0.1) is 19.8 Å². The van der Waals surface area contributed by atoms with Crippen molar-refractivity contribution in [3.8, 4) is 0 Å². The zero-order valence-electron chi connectivity index (χ0n) is 19.5. The molecule has 2 N–H and O–H groups in total. The van der Waals surface area contributed by atoms with Crippen molar-refractivity contribution in [1.29, 1.82) is 0 Å². The number of halogens is 1. The predicted molar refractivity (Wildman–Crippen MR) is 142 cm³/mol. The Labute approximate surface area is 209 Å². The highest BCUT2D eigenvalue weighted by Gasteiger charge is 2.09. The minimum Gasteiger partial charge on any atom is -0.372 e. The van der Waals surface area contributed by atoms with Gasteiger partial charge < -0.3 is 20.3 Å². The Morgan fingerprint density at radius 3 is 2.22 bits per heavy atom. The minimum atomic E-state index is 0. The molecule has 0 aliphatic carbocycles. The lowest BCUT2D eigenvalue weighted by molar-refractivity contribution is -0.130. The number of guanidine groups is 1. The van der Waals surface area contributed by atoms with E-state index in [-0.39, 0.29) is 29.9 Å². The zero-order valence-corrected chi connectivity index (χ0v) is 21.8. The van der Waals surface area contributed by atoms with E-state index in [4.69, 9.17) is 9.73 Å². The van der Waals surface area contributed by atoms with Gasteiger partial charge >= 0.3 is 0 Å². The monoisotopic (exact) mass is 552 g/mol. The molecule has 1 amide bonds. The number of nitrogens with zero attached hydrogens (tertiary/aromatic N) is 2. The first kappa shape index (κ1) is 27.9. The molecule has 7 heteroatoms. The number of aliphatic imine (C=N–C) groups is 1. The van der Waals surface area contributed by atoms with E-state index >= 15 is 0 Å². The van der Waals surface area contributed by atoms with Crippen LogP contribution in [0.3, 0.4) is 0 Å². The van der Waals surface area contributed by atoms with Gasteiger partial charge in [-0.15, -0.1) is 24.0 Å². The number of nitrogens with one attached hydrogen (secondary N) is 2. The van der Waals surface area contributed by atoms with E-state index in [2.05, 4.69) is 34.9 Å². The van der Waals surface area contributed by atoms with Crippen LogP contribution in [0.4, 0.5) is 0 Å². The second kappa shape index (κ2) is 16.5. The highest BCUT2D eigenvalue weighted by atomic mass is 127. The van der Waals surface area contributed by atoms with Gasteiger partial charge in [0.2, 0.25) is 5.91 Å². The van der Waals surface area contributed by atoms with Gasteiger partial charge in [-0.1, -0.05) is 54.6 Å². The van der Waals surface area contributed by atoms with Crippen molar-refractivity contribution in [2.45, 2.75) is 47.0 Å². The van der Waals surface area contributed by atoms with E-state index in [0.717, 1.165) is 42.3 Å². The standard InChI is InChI=1S/C25H36N4O2.HI/c1-4-26-25(27-17-16-24(30)29(5-2)6-3)28-18-22-14-10-11-15-23(22)20-31-19-21-12-8-7-9-13-21;/h7-15H,4-6,16-20H2,1-3H3,(H2,26,27,28);1H. The quantitative estimate of drug-likeness (QED) is 0.234. The number of ether oxygens (including phenoxy) is 1. The lowest BCUT2D eigenvalue weighted by Crippen LogP contribution is -2.40. The van der Waals surface area contributed by atoms with Gasteiger partial charge in [-0.25, -0.2) is 4.99 Å². The fraction of sp³-hybridized carbons (Fsp3) is 0.440. The van der Waals surface area contributed by atoms with Crippen LogP contribution in [0.5, 0.6) is 0 Å². The molecular weight excluding hydrogens is 515 g/mol. The van der Waals surface area contributed by atoms with Crippen LogP contribution in [-0.2, 0) is 29.3 Å². The Morgan fingerprint density at radius 2 is 1.56 bits per heavy atom. The van der Waals surface area contributed by atoms with Crippen LogP contribution in [-0.4, -0.2) is 42.9 Å². The molecule has 2 aromatic rings. The summed E-state index contributed by atoms with van der Waals surface area (Å²) in [5, 5.41) is 6.52. The molecule has 0 atom stereocenters. The molecule has 2 aromatic carbocycles. The average Bonchev–Trinajstić information content (AvgIpc) is 2.80. The molecule has 176 valence electrons. The molecule has 6 nitrogen and oxygen atoms in total. The van der Waals surface area contributed by atoms with Crippen molar-refractivity contribution in [3.63, 3.8) is 0 Å². The van der Waals surface area contributed by atoms with Crippen molar-refractivity contribution in [3.05, 3.63) is 71.3 Å². The lowest BCUT2D eigenvalue weighted by Gasteiger charge is -2.19. The number of hydrogen-bond donors (Lipinski definition) is 2. The number of amides is 1. The number of carbonyl (C=O) groups excluding carboxylic acids is 1. The van der Waals surface area contributed by atoms with Crippen molar-refractivity contribution in [2.24, 2.45) is 4.99 Å². The first-order chi connectivity index (χ1) is 15.2. The predicted octanol–water partition coefficient (Wildman–Crippen LogP) is 4.34. The van der Waals surface area contributed by atoms with Crippen LogP contribution in [0, 0.1) is 0 Å². The van der Waals surface area contributed by atoms with Gasteiger partial charge in [0, 0.05) is 32.6 Å². The smallest absolute Gasteiger partial charge is 0.224 e. The molecule has 0 unspecified atom stereocenters. The molecule has 0 spiro atoms. The van der Waals surface area contributed by atoms with Crippen molar-refractivity contribution < 1.29 is 9.53 Å². The van der Waals surface area contributed by atoms with Gasteiger partial charge in [0.15, 0.2) is 5.96 Å². The molecule has 0 radical (unpaired) electrons. The van der Waals surface area contributed by atoms with Gasteiger partial charge in [0.1, 0.15) is 0 Å². The Balaban J connectivity index is 0.00000512. The summed E-state index contributed by atoms with van der Waals surface area (Å²) in [6.45, 7) is 10.5. The van der Waals surface area contributed by atoms with Crippen LogP contribution in [0.25, 0.3) is 0 Å². The topological polar surface area (TPSA) is 66.0 Å².